The minimum atomic E-state index is -0.0208. The van der Waals surface area contributed by atoms with Crippen LogP contribution in [0.2, 0.25) is 5.02 Å². The Morgan fingerprint density at radius 3 is 2.79 bits per heavy atom. The van der Waals surface area contributed by atoms with E-state index in [4.69, 9.17) is 16.3 Å². The second-order valence-corrected chi connectivity index (χ2v) is 9.88. The van der Waals surface area contributed by atoms with Crippen LogP contribution in [0.4, 0.5) is 0 Å². The highest BCUT2D eigenvalue weighted by Gasteiger charge is 2.25. The Labute approximate surface area is 202 Å². The molecule has 1 aliphatic rings. The summed E-state index contributed by atoms with van der Waals surface area (Å²) in [6.07, 6.45) is 8.67. The van der Waals surface area contributed by atoms with Crippen molar-refractivity contribution in [1.82, 2.24) is 15.2 Å². The minimum Gasteiger partial charge on any atom is -0.496 e. The summed E-state index contributed by atoms with van der Waals surface area (Å²) in [5, 5.41) is 4.62. The van der Waals surface area contributed by atoms with E-state index in [1.54, 1.807) is 37.7 Å². The van der Waals surface area contributed by atoms with Gasteiger partial charge < -0.3 is 15.0 Å². The Morgan fingerprint density at radius 2 is 2.03 bits per heavy atom. The number of carbonyl (C=O) groups is 2. The van der Waals surface area contributed by atoms with E-state index in [1.807, 2.05) is 17.0 Å². The molecule has 8 heteroatoms. The van der Waals surface area contributed by atoms with Gasteiger partial charge in [-0.15, -0.1) is 11.3 Å². The topological polar surface area (TPSA) is 71.5 Å². The highest BCUT2D eigenvalue weighted by Crippen LogP contribution is 2.28. The predicted octanol–water partition coefficient (Wildman–Crippen LogP) is 5.41. The standard InChI is InChI=1S/C25H28ClN3O3S/c1-32-21-6-5-19(26)15-20(21)25(31)29-12-8-17(9-13-29)4-2-3-10-28-24(30)22-14-18-7-11-27-16-23(18)33-22/h5-7,11,14-17H,2-4,8-10,12-13H2,1H3,(H,28,30). The van der Waals surface area contributed by atoms with Crippen molar-refractivity contribution < 1.29 is 14.3 Å². The fourth-order valence-corrected chi connectivity index (χ4v) is 5.40. The van der Waals surface area contributed by atoms with Gasteiger partial charge in [-0.3, -0.25) is 14.6 Å². The summed E-state index contributed by atoms with van der Waals surface area (Å²) in [4.78, 5) is 32.0. The van der Waals surface area contributed by atoms with E-state index in [1.165, 1.54) is 11.3 Å². The minimum absolute atomic E-state index is 0.0144. The maximum absolute atomic E-state index is 12.9. The van der Waals surface area contributed by atoms with Crippen LogP contribution < -0.4 is 10.1 Å². The van der Waals surface area contributed by atoms with Crippen molar-refractivity contribution in [2.75, 3.05) is 26.7 Å². The Balaban J connectivity index is 1.16. The molecular weight excluding hydrogens is 458 g/mol. The Hall–Kier alpha value is -2.64. The van der Waals surface area contributed by atoms with Crippen LogP contribution in [0, 0.1) is 5.92 Å². The van der Waals surface area contributed by atoms with Gasteiger partial charge in [-0.25, -0.2) is 0 Å². The largest absolute Gasteiger partial charge is 0.496 e. The monoisotopic (exact) mass is 485 g/mol. The molecule has 3 heterocycles. The molecule has 0 atom stereocenters. The summed E-state index contributed by atoms with van der Waals surface area (Å²) in [5.41, 5.74) is 0.522. The van der Waals surface area contributed by atoms with Gasteiger partial charge in [-0.1, -0.05) is 24.4 Å². The predicted molar refractivity (Wildman–Crippen MR) is 132 cm³/mol. The lowest BCUT2D eigenvalue weighted by atomic mass is 9.91. The molecule has 174 valence electrons. The first kappa shape index (κ1) is 23.5. The van der Waals surface area contributed by atoms with Crippen molar-refractivity contribution >= 4 is 44.8 Å². The van der Waals surface area contributed by atoms with E-state index in [-0.39, 0.29) is 11.8 Å². The van der Waals surface area contributed by atoms with Crippen LogP contribution in [0.3, 0.4) is 0 Å². The van der Waals surface area contributed by atoms with Crippen molar-refractivity contribution in [1.29, 1.82) is 0 Å². The number of methoxy groups -OCH3 is 1. The Bertz CT molecular complexity index is 1090. The maximum atomic E-state index is 12.9. The summed E-state index contributed by atoms with van der Waals surface area (Å²) in [6.45, 7) is 2.17. The number of ether oxygens (including phenoxy) is 1. The number of nitrogens with zero attached hydrogens (tertiary/aromatic N) is 2. The number of likely N-dealkylation sites (tertiary alicyclic amines) is 1. The van der Waals surface area contributed by atoms with Crippen LogP contribution in [0.25, 0.3) is 10.1 Å². The number of pyridine rings is 1. The van der Waals surface area contributed by atoms with Gasteiger partial charge in [0.1, 0.15) is 5.75 Å². The zero-order valence-corrected chi connectivity index (χ0v) is 20.3. The molecule has 0 unspecified atom stereocenters. The second-order valence-electron chi connectivity index (χ2n) is 8.36. The molecule has 3 aromatic rings. The summed E-state index contributed by atoms with van der Waals surface area (Å²) in [5.74, 6) is 1.13. The number of halogens is 1. The lowest BCUT2D eigenvalue weighted by Crippen LogP contribution is -2.38. The van der Waals surface area contributed by atoms with E-state index < -0.39 is 0 Å². The number of piperidine rings is 1. The normalized spacial score (nSPS) is 14.4. The van der Waals surface area contributed by atoms with E-state index in [2.05, 4.69) is 10.3 Å². The van der Waals surface area contributed by atoms with E-state index >= 15 is 0 Å². The van der Waals surface area contributed by atoms with E-state index in [0.717, 1.165) is 60.2 Å². The first-order chi connectivity index (χ1) is 16.0. The van der Waals surface area contributed by atoms with Crippen LogP contribution in [0.1, 0.15) is 52.1 Å². The summed E-state index contributed by atoms with van der Waals surface area (Å²) < 4.78 is 6.36. The van der Waals surface area contributed by atoms with Gasteiger partial charge in [0.05, 0.1) is 22.3 Å². The van der Waals surface area contributed by atoms with Gasteiger partial charge >= 0.3 is 0 Å². The maximum Gasteiger partial charge on any atom is 0.261 e. The third kappa shape index (κ3) is 5.84. The first-order valence-electron chi connectivity index (χ1n) is 11.3. The number of nitrogens with one attached hydrogen (secondary N) is 1. The molecule has 2 aromatic heterocycles. The second kappa shape index (κ2) is 11.0. The zero-order chi connectivity index (χ0) is 23.2. The number of amides is 2. The van der Waals surface area contributed by atoms with Crippen LogP contribution >= 0.6 is 22.9 Å². The number of thiophene rings is 1. The number of aromatic nitrogens is 1. The van der Waals surface area contributed by atoms with Crippen molar-refractivity contribution in [2.45, 2.75) is 32.1 Å². The fourth-order valence-electron chi connectivity index (χ4n) is 4.29. The molecule has 1 aliphatic heterocycles. The van der Waals surface area contributed by atoms with Crippen molar-refractivity contribution in [3.63, 3.8) is 0 Å². The van der Waals surface area contributed by atoms with Crippen molar-refractivity contribution in [2.24, 2.45) is 5.92 Å². The molecular formula is C25H28ClN3O3S. The highest BCUT2D eigenvalue weighted by molar-refractivity contribution is 7.20. The third-order valence-electron chi connectivity index (χ3n) is 6.17. The molecule has 1 fully saturated rings. The molecule has 4 rings (SSSR count). The molecule has 0 bridgehead atoms. The fraction of sp³-hybridized carbons (Fsp3) is 0.400. The number of carbonyl (C=O) groups excluding carboxylic acids is 2. The summed E-state index contributed by atoms with van der Waals surface area (Å²) >= 11 is 7.56. The summed E-state index contributed by atoms with van der Waals surface area (Å²) in [6, 6.07) is 8.99. The molecule has 1 saturated heterocycles. The molecule has 2 amide bonds. The number of hydrogen-bond acceptors (Lipinski definition) is 5. The average Bonchev–Trinajstić information content (AvgIpc) is 3.28. The Morgan fingerprint density at radius 1 is 1.21 bits per heavy atom. The lowest BCUT2D eigenvalue weighted by Gasteiger charge is -2.32. The van der Waals surface area contributed by atoms with E-state index in [9.17, 15) is 9.59 Å². The smallest absolute Gasteiger partial charge is 0.261 e. The van der Waals surface area contributed by atoms with Crippen molar-refractivity contribution in [3.05, 3.63) is 58.2 Å². The van der Waals surface area contributed by atoms with Crippen LogP contribution in [0.15, 0.2) is 42.7 Å². The van der Waals surface area contributed by atoms with Gasteiger partial charge in [0.25, 0.3) is 11.8 Å². The Kier molecular flexibility index (Phi) is 7.83. The van der Waals surface area contributed by atoms with Crippen molar-refractivity contribution in [3.8, 4) is 5.75 Å². The van der Waals surface area contributed by atoms with Crippen LogP contribution in [-0.2, 0) is 0 Å². The van der Waals surface area contributed by atoms with Gasteiger partial charge in [0.15, 0.2) is 0 Å². The first-order valence-corrected chi connectivity index (χ1v) is 12.5. The number of benzene rings is 1. The molecule has 33 heavy (non-hydrogen) atoms. The quantitative estimate of drug-likeness (QED) is 0.433. The molecule has 1 aromatic carbocycles. The van der Waals surface area contributed by atoms with Gasteiger partial charge in [-0.05, 0) is 60.9 Å². The molecule has 0 aliphatic carbocycles. The van der Waals surface area contributed by atoms with Crippen LogP contribution in [0.5, 0.6) is 5.75 Å². The number of rotatable bonds is 8. The number of fused-ring (bicyclic) bond motifs is 1. The molecule has 0 spiro atoms. The van der Waals surface area contributed by atoms with Gasteiger partial charge in [0.2, 0.25) is 0 Å². The molecule has 1 N–H and O–H groups in total. The summed E-state index contributed by atoms with van der Waals surface area (Å²) in [7, 11) is 1.56. The molecule has 6 nitrogen and oxygen atoms in total. The lowest BCUT2D eigenvalue weighted by molar-refractivity contribution is 0.0682. The van der Waals surface area contributed by atoms with Gasteiger partial charge in [-0.2, -0.15) is 0 Å². The average molecular weight is 486 g/mol. The zero-order valence-electron chi connectivity index (χ0n) is 18.7. The SMILES string of the molecule is COc1ccc(Cl)cc1C(=O)N1CCC(CCCCNC(=O)c2cc3ccncc3s2)CC1. The molecule has 0 saturated carbocycles. The van der Waals surface area contributed by atoms with Gasteiger partial charge in [0, 0.05) is 37.1 Å². The number of hydrogen-bond donors (Lipinski definition) is 1. The van der Waals surface area contributed by atoms with Crippen LogP contribution in [-0.4, -0.2) is 48.4 Å². The number of unbranched alkanes of at least 4 members (excludes halogenated alkanes) is 1. The van der Waals surface area contributed by atoms with E-state index in [0.29, 0.717) is 28.8 Å². The molecule has 0 radical (unpaired) electrons. The highest BCUT2D eigenvalue weighted by atomic mass is 35.5. The third-order valence-corrected chi connectivity index (χ3v) is 7.48.